The van der Waals surface area contributed by atoms with Gasteiger partial charge in [-0.15, -0.1) is 0 Å². The van der Waals surface area contributed by atoms with Crippen molar-refractivity contribution in [1.29, 1.82) is 0 Å². The zero-order valence-electron chi connectivity index (χ0n) is 19.8. The first-order chi connectivity index (χ1) is 16.2. The van der Waals surface area contributed by atoms with Crippen LogP contribution in [0.25, 0.3) is 0 Å². The molecule has 5 rings (SSSR count). The summed E-state index contributed by atoms with van der Waals surface area (Å²) in [5, 5.41) is 14.1. The summed E-state index contributed by atoms with van der Waals surface area (Å²) in [5.41, 5.74) is 0.173. The maximum atomic E-state index is 12.6. The minimum atomic E-state index is -0.477. The summed E-state index contributed by atoms with van der Waals surface area (Å²) < 4.78 is 5.44. The average Bonchev–Trinajstić information content (AvgIpc) is 3.24. The van der Waals surface area contributed by atoms with Gasteiger partial charge in [0.25, 0.3) is 5.69 Å². The van der Waals surface area contributed by atoms with Crippen molar-refractivity contribution in [2.45, 2.75) is 69.9 Å². The van der Waals surface area contributed by atoms with E-state index in [1.54, 1.807) is 4.90 Å². The molecule has 1 aromatic carbocycles. The Hall–Kier alpha value is -2.68. The van der Waals surface area contributed by atoms with Gasteiger partial charge in [0.2, 0.25) is 5.91 Å². The predicted molar refractivity (Wildman–Crippen MR) is 125 cm³/mol. The van der Waals surface area contributed by atoms with E-state index < -0.39 is 4.92 Å². The summed E-state index contributed by atoms with van der Waals surface area (Å²) in [6.45, 7) is 5.49. The maximum absolute atomic E-state index is 12.6. The van der Waals surface area contributed by atoms with E-state index in [4.69, 9.17) is 4.74 Å². The minimum absolute atomic E-state index is 0.0299. The van der Waals surface area contributed by atoms with Crippen LogP contribution in [0.4, 0.5) is 10.5 Å². The molecule has 4 fully saturated rings. The third-order valence-electron chi connectivity index (χ3n) is 8.59. The van der Waals surface area contributed by atoms with Crippen molar-refractivity contribution in [2.75, 3.05) is 26.2 Å². The number of amides is 2. The van der Waals surface area contributed by atoms with Gasteiger partial charge in [-0.3, -0.25) is 14.9 Å². The van der Waals surface area contributed by atoms with Crippen LogP contribution in [0.15, 0.2) is 24.3 Å². The molecule has 0 aromatic heterocycles. The number of non-ortho nitro benzene ring substituents is 1. The van der Waals surface area contributed by atoms with E-state index in [1.165, 1.54) is 30.7 Å². The topological polar surface area (TPSA) is 105 Å². The van der Waals surface area contributed by atoms with Gasteiger partial charge in [0.05, 0.1) is 4.92 Å². The summed E-state index contributed by atoms with van der Waals surface area (Å²) in [4.78, 5) is 39.8. The van der Waals surface area contributed by atoms with Crippen molar-refractivity contribution < 1.29 is 19.2 Å². The Labute approximate surface area is 200 Å². The lowest BCUT2D eigenvalue weighted by Crippen LogP contribution is -2.56. The number of carbonyl (C=O) groups is 2. The molecule has 2 heterocycles. The third kappa shape index (κ3) is 4.62. The van der Waals surface area contributed by atoms with Crippen molar-refractivity contribution in [3.05, 3.63) is 34.4 Å². The van der Waals surface area contributed by atoms with Gasteiger partial charge in [-0.2, -0.15) is 0 Å². The highest BCUT2D eigenvalue weighted by Gasteiger charge is 2.51. The molecule has 2 aliphatic heterocycles. The fourth-order valence-corrected chi connectivity index (χ4v) is 6.18. The molecule has 184 valence electrons. The number of carbonyl (C=O) groups excluding carboxylic acids is 2. The van der Waals surface area contributed by atoms with Crippen LogP contribution >= 0.6 is 0 Å². The molecule has 9 nitrogen and oxygen atoms in total. The Balaban J connectivity index is 1.05. The van der Waals surface area contributed by atoms with Crippen LogP contribution in [0, 0.1) is 21.4 Å². The number of hydrogen-bond acceptors (Lipinski definition) is 6. The molecule has 9 heteroatoms. The quantitative estimate of drug-likeness (QED) is 0.519. The van der Waals surface area contributed by atoms with Crippen LogP contribution < -0.4 is 10.1 Å². The molecule has 0 unspecified atom stereocenters. The molecule has 2 amide bonds. The summed E-state index contributed by atoms with van der Waals surface area (Å²) in [7, 11) is 0. The first-order valence-corrected chi connectivity index (χ1v) is 12.5. The molecule has 1 N–H and O–H groups in total. The van der Waals surface area contributed by atoms with Gasteiger partial charge in [0.1, 0.15) is 5.75 Å². The standard InChI is InChI=1S/C25H34N4O5/c1-24(9-2-10-24)26-22(30)18-7-12-27(13-8-18)20-15-25(16-20)11-14-28(17-25)23(31)34-21-5-3-19(4-6-21)29(32)33/h3-6,18,20H,2,7-17H2,1H3,(H,26,30). The van der Waals surface area contributed by atoms with Crippen LogP contribution in [0.2, 0.25) is 0 Å². The van der Waals surface area contributed by atoms with Gasteiger partial charge in [0, 0.05) is 42.7 Å². The number of piperidine rings is 1. The monoisotopic (exact) mass is 470 g/mol. The van der Waals surface area contributed by atoms with Crippen molar-refractivity contribution in [2.24, 2.45) is 11.3 Å². The Morgan fingerprint density at radius 2 is 1.76 bits per heavy atom. The first-order valence-electron chi connectivity index (χ1n) is 12.5. The third-order valence-corrected chi connectivity index (χ3v) is 8.59. The number of rotatable bonds is 5. The first kappa shape index (κ1) is 23.1. The Kier molecular flexibility index (Phi) is 6.00. The van der Waals surface area contributed by atoms with E-state index in [0.717, 1.165) is 58.0 Å². The van der Waals surface area contributed by atoms with Crippen molar-refractivity contribution >= 4 is 17.7 Å². The van der Waals surface area contributed by atoms with Crippen LogP contribution in [0.5, 0.6) is 5.75 Å². The molecule has 34 heavy (non-hydrogen) atoms. The largest absolute Gasteiger partial charge is 0.415 e. The summed E-state index contributed by atoms with van der Waals surface area (Å²) in [6.07, 6.45) is 8.04. The number of nitrogens with one attached hydrogen (secondary N) is 1. The van der Waals surface area contributed by atoms with E-state index in [1.807, 2.05) is 0 Å². The smallest absolute Gasteiger partial charge is 0.410 e. The fraction of sp³-hybridized carbons (Fsp3) is 0.680. The second-order valence-corrected chi connectivity index (χ2v) is 11.1. The van der Waals surface area contributed by atoms with E-state index >= 15 is 0 Å². The Morgan fingerprint density at radius 1 is 1.09 bits per heavy atom. The number of hydrogen-bond donors (Lipinski definition) is 1. The van der Waals surface area contributed by atoms with E-state index in [2.05, 4.69) is 17.1 Å². The van der Waals surface area contributed by atoms with Gasteiger partial charge >= 0.3 is 6.09 Å². The maximum Gasteiger partial charge on any atom is 0.415 e. The molecular weight excluding hydrogens is 436 g/mol. The van der Waals surface area contributed by atoms with E-state index in [0.29, 0.717) is 24.9 Å². The number of nitro groups is 1. The second kappa shape index (κ2) is 8.83. The summed E-state index contributed by atoms with van der Waals surface area (Å²) in [5.74, 6) is 0.699. The van der Waals surface area contributed by atoms with E-state index in [9.17, 15) is 19.7 Å². The summed E-state index contributed by atoms with van der Waals surface area (Å²) >= 11 is 0. The second-order valence-electron chi connectivity index (χ2n) is 11.1. The lowest BCUT2D eigenvalue weighted by Gasteiger charge is -2.51. The Bertz CT molecular complexity index is 947. The number of benzene rings is 1. The molecule has 4 aliphatic rings. The zero-order valence-corrected chi connectivity index (χ0v) is 19.8. The SMILES string of the molecule is CC1(NC(=O)C2CCN(C3CC4(CCN(C(=O)Oc5ccc([N+](=O)[O-])cc5)C4)C3)CC2)CCC1. The van der Waals surface area contributed by atoms with Crippen LogP contribution in [0.1, 0.15) is 58.3 Å². The van der Waals surface area contributed by atoms with Gasteiger partial charge < -0.3 is 19.9 Å². The molecule has 0 bridgehead atoms. The highest BCUT2D eigenvalue weighted by Crippen LogP contribution is 2.50. The van der Waals surface area contributed by atoms with Crippen LogP contribution in [-0.4, -0.2) is 64.5 Å². The molecule has 2 aliphatic carbocycles. The zero-order chi connectivity index (χ0) is 23.9. The van der Waals surface area contributed by atoms with Crippen molar-refractivity contribution in [3.8, 4) is 5.75 Å². The molecule has 2 saturated heterocycles. The fourth-order valence-electron chi connectivity index (χ4n) is 6.18. The molecule has 1 aromatic rings. The molecule has 2 saturated carbocycles. The molecular formula is C25H34N4O5. The molecule has 0 atom stereocenters. The van der Waals surface area contributed by atoms with Gasteiger partial charge in [-0.1, -0.05) is 0 Å². The van der Waals surface area contributed by atoms with Crippen LogP contribution in [0.3, 0.4) is 0 Å². The van der Waals surface area contributed by atoms with Crippen molar-refractivity contribution in [3.63, 3.8) is 0 Å². The highest BCUT2D eigenvalue weighted by atomic mass is 16.6. The molecule has 1 spiro atoms. The number of likely N-dealkylation sites (tertiary alicyclic amines) is 2. The van der Waals surface area contributed by atoms with Gasteiger partial charge in [-0.25, -0.2) is 4.79 Å². The van der Waals surface area contributed by atoms with Gasteiger partial charge in [0.15, 0.2) is 0 Å². The Morgan fingerprint density at radius 3 is 2.35 bits per heavy atom. The normalized spacial score (nSPS) is 28.7. The number of ether oxygens (including phenoxy) is 1. The molecule has 0 radical (unpaired) electrons. The lowest BCUT2D eigenvalue weighted by molar-refractivity contribution is -0.384. The average molecular weight is 471 g/mol. The summed E-state index contributed by atoms with van der Waals surface area (Å²) in [6, 6.07) is 6.13. The minimum Gasteiger partial charge on any atom is -0.410 e. The van der Waals surface area contributed by atoms with E-state index in [-0.39, 0.29) is 34.6 Å². The predicted octanol–water partition coefficient (Wildman–Crippen LogP) is 3.72. The highest BCUT2D eigenvalue weighted by molar-refractivity contribution is 5.79. The van der Waals surface area contributed by atoms with Crippen molar-refractivity contribution in [1.82, 2.24) is 15.1 Å². The van der Waals surface area contributed by atoms with Crippen LogP contribution in [-0.2, 0) is 4.79 Å². The number of nitro benzene ring substituents is 1. The number of nitrogens with zero attached hydrogens (tertiary/aromatic N) is 3. The lowest BCUT2D eigenvalue weighted by atomic mass is 9.64. The van der Waals surface area contributed by atoms with Gasteiger partial charge in [-0.05, 0) is 88.9 Å².